The third kappa shape index (κ3) is 4.22. The molecule has 1 saturated heterocycles. The Hall–Kier alpha value is -1.63. The Morgan fingerprint density at radius 1 is 1.48 bits per heavy atom. The zero-order chi connectivity index (χ0) is 16.2. The number of benzene rings is 1. The number of rotatable bonds is 3. The average molecular weight is 351 g/mol. The first-order chi connectivity index (χ1) is 11.1. The Morgan fingerprint density at radius 3 is 3.00 bits per heavy atom. The highest BCUT2D eigenvalue weighted by Gasteiger charge is 2.18. The van der Waals surface area contributed by atoms with Gasteiger partial charge in [-0.2, -0.15) is 0 Å². The summed E-state index contributed by atoms with van der Waals surface area (Å²) >= 11 is 7.53. The molecule has 0 bridgehead atoms. The quantitative estimate of drug-likeness (QED) is 0.682. The first kappa shape index (κ1) is 16.2. The van der Waals surface area contributed by atoms with E-state index < -0.39 is 0 Å². The van der Waals surface area contributed by atoms with Gasteiger partial charge in [0.2, 0.25) is 0 Å². The molecule has 1 aromatic carbocycles. The zero-order valence-electron chi connectivity index (χ0n) is 12.9. The molecule has 2 heterocycles. The van der Waals surface area contributed by atoms with Crippen molar-refractivity contribution in [3.8, 4) is 10.6 Å². The van der Waals surface area contributed by atoms with Gasteiger partial charge in [-0.25, -0.2) is 9.98 Å². The second kappa shape index (κ2) is 7.29. The molecule has 1 atom stereocenters. The molecule has 3 rings (SSSR count). The van der Waals surface area contributed by atoms with Gasteiger partial charge in [0, 0.05) is 34.7 Å². The highest BCUT2D eigenvalue weighted by atomic mass is 35.5. The van der Waals surface area contributed by atoms with Gasteiger partial charge >= 0.3 is 0 Å². The van der Waals surface area contributed by atoms with E-state index >= 15 is 0 Å². The average Bonchev–Trinajstić information content (AvgIpc) is 3.02. The number of morpholine rings is 1. The normalized spacial score (nSPS) is 19.1. The summed E-state index contributed by atoms with van der Waals surface area (Å²) in [6, 6.07) is 7.68. The number of thiazole rings is 1. The molecule has 23 heavy (non-hydrogen) atoms. The van der Waals surface area contributed by atoms with Crippen molar-refractivity contribution in [2.24, 2.45) is 10.7 Å². The minimum Gasteiger partial charge on any atom is -0.375 e. The molecule has 1 aliphatic rings. The van der Waals surface area contributed by atoms with Gasteiger partial charge < -0.3 is 15.4 Å². The van der Waals surface area contributed by atoms with Crippen molar-refractivity contribution in [1.82, 2.24) is 9.88 Å². The van der Waals surface area contributed by atoms with Gasteiger partial charge in [0.1, 0.15) is 5.01 Å². The van der Waals surface area contributed by atoms with Gasteiger partial charge in [0.25, 0.3) is 0 Å². The molecule has 2 N–H and O–H groups in total. The Bertz CT molecular complexity index is 686. The maximum absolute atomic E-state index is 6.08. The number of nitrogens with zero attached hydrogens (tertiary/aromatic N) is 3. The second-order valence-corrected chi connectivity index (χ2v) is 6.99. The lowest BCUT2D eigenvalue weighted by Crippen LogP contribution is -2.47. The van der Waals surface area contributed by atoms with E-state index in [0.29, 0.717) is 19.1 Å². The highest BCUT2D eigenvalue weighted by Crippen LogP contribution is 2.26. The monoisotopic (exact) mass is 350 g/mol. The molecule has 5 nitrogen and oxygen atoms in total. The number of aliphatic imine (C=N–C) groups is 1. The molecular weight excluding hydrogens is 332 g/mol. The van der Waals surface area contributed by atoms with E-state index in [9.17, 15) is 0 Å². The number of ether oxygens (including phenoxy) is 1. The Morgan fingerprint density at radius 2 is 2.26 bits per heavy atom. The summed E-state index contributed by atoms with van der Waals surface area (Å²) in [5, 5.41) is 1.69. The fourth-order valence-electron chi connectivity index (χ4n) is 2.39. The fourth-order valence-corrected chi connectivity index (χ4v) is 3.36. The summed E-state index contributed by atoms with van der Waals surface area (Å²) < 4.78 is 5.51. The Labute approximate surface area is 144 Å². The predicted molar refractivity (Wildman–Crippen MR) is 94.9 cm³/mol. The van der Waals surface area contributed by atoms with E-state index in [1.807, 2.05) is 37.4 Å². The molecule has 1 aromatic heterocycles. The zero-order valence-corrected chi connectivity index (χ0v) is 14.5. The molecule has 0 amide bonds. The molecule has 7 heteroatoms. The third-order valence-corrected chi connectivity index (χ3v) is 4.89. The molecule has 1 aliphatic heterocycles. The maximum atomic E-state index is 6.08. The van der Waals surface area contributed by atoms with E-state index in [2.05, 4.69) is 14.9 Å². The molecule has 2 aromatic rings. The lowest BCUT2D eigenvalue weighted by molar-refractivity contribution is 0.00529. The van der Waals surface area contributed by atoms with E-state index in [4.69, 9.17) is 22.1 Å². The minimum atomic E-state index is 0.192. The summed E-state index contributed by atoms with van der Waals surface area (Å²) in [5.41, 5.74) is 7.14. The number of halogens is 1. The van der Waals surface area contributed by atoms with Crippen LogP contribution in [-0.4, -0.2) is 41.6 Å². The first-order valence-corrected chi connectivity index (χ1v) is 8.68. The first-order valence-electron chi connectivity index (χ1n) is 7.49. The SMILES string of the molecule is CC1CN(C(N)=NCc2cnc(-c3ccc(Cl)cc3)s2)CCO1. The Kier molecular flexibility index (Phi) is 5.15. The van der Waals surface area contributed by atoms with E-state index in [1.165, 1.54) is 0 Å². The van der Waals surface area contributed by atoms with Crippen molar-refractivity contribution in [1.29, 1.82) is 0 Å². The molecule has 0 saturated carbocycles. The van der Waals surface area contributed by atoms with Crippen molar-refractivity contribution in [3.63, 3.8) is 0 Å². The van der Waals surface area contributed by atoms with E-state index in [1.54, 1.807) is 11.3 Å². The van der Waals surface area contributed by atoms with Crippen LogP contribution in [-0.2, 0) is 11.3 Å². The minimum absolute atomic E-state index is 0.192. The van der Waals surface area contributed by atoms with Crippen molar-refractivity contribution in [2.75, 3.05) is 19.7 Å². The van der Waals surface area contributed by atoms with Gasteiger partial charge in [-0.15, -0.1) is 11.3 Å². The topological polar surface area (TPSA) is 63.7 Å². The van der Waals surface area contributed by atoms with Crippen LogP contribution in [0.5, 0.6) is 0 Å². The van der Waals surface area contributed by atoms with Crippen molar-refractivity contribution >= 4 is 28.9 Å². The van der Waals surface area contributed by atoms with Crippen molar-refractivity contribution in [3.05, 3.63) is 40.4 Å². The van der Waals surface area contributed by atoms with Crippen LogP contribution < -0.4 is 5.73 Å². The van der Waals surface area contributed by atoms with Crippen LogP contribution in [0.4, 0.5) is 0 Å². The van der Waals surface area contributed by atoms with Gasteiger partial charge in [0.05, 0.1) is 19.3 Å². The molecule has 0 aliphatic carbocycles. The van der Waals surface area contributed by atoms with Crippen LogP contribution >= 0.6 is 22.9 Å². The highest BCUT2D eigenvalue weighted by molar-refractivity contribution is 7.15. The lowest BCUT2D eigenvalue weighted by atomic mass is 10.2. The van der Waals surface area contributed by atoms with Gasteiger partial charge in [-0.1, -0.05) is 23.7 Å². The van der Waals surface area contributed by atoms with Gasteiger partial charge in [-0.05, 0) is 19.1 Å². The van der Waals surface area contributed by atoms with Crippen molar-refractivity contribution < 1.29 is 4.74 Å². The van der Waals surface area contributed by atoms with Crippen LogP contribution in [0.1, 0.15) is 11.8 Å². The van der Waals surface area contributed by atoms with E-state index in [0.717, 1.165) is 33.6 Å². The third-order valence-electron chi connectivity index (χ3n) is 3.61. The summed E-state index contributed by atoms with van der Waals surface area (Å²) in [5.74, 6) is 0.571. The summed E-state index contributed by atoms with van der Waals surface area (Å²) in [4.78, 5) is 12.1. The molecule has 122 valence electrons. The standard InChI is InChI=1S/C16H19ClN4OS/c1-11-10-21(6-7-22-11)16(18)20-9-14-8-19-15(23-14)12-2-4-13(17)5-3-12/h2-5,8,11H,6-7,9-10H2,1H3,(H2,18,20). The van der Waals surface area contributed by atoms with Gasteiger partial charge in [0.15, 0.2) is 5.96 Å². The number of guanidine groups is 1. The smallest absolute Gasteiger partial charge is 0.191 e. The summed E-state index contributed by atoms with van der Waals surface area (Å²) in [6.07, 6.45) is 2.05. The van der Waals surface area contributed by atoms with Crippen LogP contribution in [0.25, 0.3) is 10.6 Å². The molecular formula is C16H19ClN4OS. The maximum Gasteiger partial charge on any atom is 0.191 e. The lowest BCUT2D eigenvalue weighted by Gasteiger charge is -2.31. The Balaban J connectivity index is 1.64. The van der Waals surface area contributed by atoms with Crippen LogP contribution in [0.15, 0.2) is 35.5 Å². The fraction of sp³-hybridized carbons (Fsp3) is 0.375. The predicted octanol–water partition coefficient (Wildman–Crippen LogP) is 3.00. The summed E-state index contributed by atoms with van der Waals surface area (Å²) in [7, 11) is 0. The van der Waals surface area contributed by atoms with Crippen LogP contribution in [0, 0.1) is 0 Å². The number of hydrogen-bond acceptors (Lipinski definition) is 4. The van der Waals surface area contributed by atoms with Gasteiger partial charge in [-0.3, -0.25) is 0 Å². The molecule has 1 fully saturated rings. The molecule has 0 spiro atoms. The van der Waals surface area contributed by atoms with Crippen LogP contribution in [0.2, 0.25) is 5.02 Å². The second-order valence-electron chi connectivity index (χ2n) is 5.44. The number of hydrogen-bond donors (Lipinski definition) is 1. The summed E-state index contributed by atoms with van der Waals surface area (Å²) in [6.45, 7) is 4.86. The molecule has 1 unspecified atom stereocenters. The number of nitrogens with two attached hydrogens (primary N) is 1. The van der Waals surface area contributed by atoms with Crippen molar-refractivity contribution in [2.45, 2.75) is 19.6 Å². The largest absolute Gasteiger partial charge is 0.375 e. The molecule has 0 radical (unpaired) electrons. The number of aromatic nitrogens is 1. The van der Waals surface area contributed by atoms with E-state index in [-0.39, 0.29) is 6.10 Å². The van der Waals surface area contributed by atoms with Crippen LogP contribution in [0.3, 0.4) is 0 Å².